The number of rotatable bonds is 5. The van der Waals surface area contributed by atoms with Crippen LogP contribution in [0.1, 0.15) is 48.6 Å². The predicted octanol–water partition coefficient (Wildman–Crippen LogP) is 7.01. The number of ether oxygens (including phenoxy) is 1. The first kappa shape index (κ1) is 25.2. The largest absolute Gasteiger partial charge is 0.476 e. The van der Waals surface area contributed by atoms with Crippen LogP contribution in [0.5, 0.6) is 5.75 Å². The Balaban J connectivity index is 1.71. The first-order valence-corrected chi connectivity index (χ1v) is 12.1. The summed E-state index contributed by atoms with van der Waals surface area (Å²) in [6, 6.07) is 17.4. The van der Waals surface area contributed by atoms with E-state index < -0.39 is 0 Å². The van der Waals surface area contributed by atoms with Crippen molar-refractivity contribution in [2.24, 2.45) is 0 Å². The second-order valence-corrected chi connectivity index (χ2v) is 10.5. The van der Waals surface area contributed by atoms with Gasteiger partial charge in [-0.05, 0) is 67.5 Å². The van der Waals surface area contributed by atoms with Gasteiger partial charge in [-0.1, -0.05) is 68.8 Å². The highest BCUT2D eigenvalue weighted by molar-refractivity contribution is 5.93. The highest BCUT2D eigenvalue weighted by Gasteiger charge is 2.21. The average Bonchev–Trinajstić information content (AvgIpc) is 2.80. The molecule has 0 aliphatic rings. The summed E-state index contributed by atoms with van der Waals surface area (Å²) in [7, 11) is 0. The third-order valence-electron chi connectivity index (χ3n) is 6.31. The van der Waals surface area contributed by atoms with Gasteiger partial charge >= 0.3 is 0 Å². The topological polar surface area (TPSA) is 68.5 Å². The maximum atomic E-state index is 13.5. The molecule has 1 N–H and O–H groups in total. The molecule has 0 aliphatic heterocycles. The van der Waals surface area contributed by atoms with Crippen LogP contribution in [0.25, 0.3) is 22.3 Å². The zero-order valence-corrected chi connectivity index (χ0v) is 22.0. The van der Waals surface area contributed by atoms with Gasteiger partial charge in [0, 0.05) is 11.3 Å². The Morgan fingerprint density at radius 2 is 1.53 bits per heavy atom. The highest BCUT2D eigenvalue weighted by atomic mass is 16.5. The molecule has 3 aromatic carbocycles. The van der Waals surface area contributed by atoms with Gasteiger partial charge in [-0.2, -0.15) is 0 Å². The number of nitrogens with one attached hydrogen (secondary N) is 1. The Kier molecular flexibility index (Phi) is 6.77. The number of carbonyl (C=O) groups is 1. The lowest BCUT2D eigenvalue weighted by molar-refractivity contribution is -0.118. The standard InChI is InChI=1S/C31H33NO4/c1-18-8-13-24-25(16-18)36-29(22-9-11-23(12-10-22)31(5,6)7)30(28(24)34)35-17-26(33)32-27-20(3)14-19(2)15-21(27)4/h8-16H,17H2,1-7H3,(H,32,33). The first-order valence-electron chi connectivity index (χ1n) is 12.1. The molecule has 0 saturated carbocycles. The smallest absolute Gasteiger partial charge is 0.262 e. The van der Waals surface area contributed by atoms with E-state index >= 15 is 0 Å². The van der Waals surface area contributed by atoms with Crippen LogP contribution >= 0.6 is 0 Å². The molecule has 0 spiro atoms. The van der Waals surface area contributed by atoms with Crippen LogP contribution in [-0.4, -0.2) is 12.5 Å². The molecule has 36 heavy (non-hydrogen) atoms. The maximum absolute atomic E-state index is 13.5. The fraction of sp³-hybridized carbons (Fsp3) is 0.290. The molecular formula is C31H33NO4. The van der Waals surface area contributed by atoms with Crippen molar-refractivity contribution in [3.8, 4) is 17.1 Å². The molecule has 1 heterocycles. The van der Waals surface area contributed by atoms with Crippen molar-refractivity contribution >= 4 is 22.6 Å². The van der Waals surface area contributed by atoms with Gasteiger partial charge in [0.2, 0.25) is 11.2 Å². The lowest BCUT2D eigenvalue weighted by Crippen LogP contribution is -2.23. The minimum absolute atomic E-state index is 0.0104. The van der Waals surface area contributed by atoms with Crippen LogP contribution in [0.15, 0.2) is 63.8 Å². The summed E-state index contributed by atoms with van der Waals surface area (Å²) in [5, 5.41) is 3.34. The molecule has 1 aromatic heterocycles. The van der Waals surface area contributed by atoms with E-state index in [0.29, 0.717) is 22.3 Å². The van der Waals surface area contributed by atoms with Gasteiger partial charge in [0.25, 0.3) is 5.91 Å². The predicted molar refractivity (Wildman–Crippen MR) is 146 cm³/mol. The van der Waals surface area contributed by atoms with Gasteiger partial charge in [-0.15, -0.1) is 0 Å². The summed E-state index contributed by atoms with van der Waals surface area (Å²) in [6.07, 6.45) is 0. The first-order chi connectivity index (χ1) is 16.9. The van der Waals surface area contributed by atoms with Crippen molar-refractivity contribution in [2.45, 2.75) is 53.9 Å². The molecule has 4 aromatic rings. The highest BCUT2D eigenvalue weighted by Crippen LogP contribution is 2.33. The van der Waals surface area contributed by atoms with Crippen molar-refractivity contribution < 1.29 is 13.9 Å². The number of aryl methyl sites for hydroxylation is 4. The Hall–Kier alpha value is -3.86. The summed E-state index contributed by atoms with van der Waals surface area (Å²) in [5.74, 6) is -0.00101. The number of hydrogen-bond donors (Lipinski definition) is 1. The van der Waals surface area contributed by atoms with Crippen LogP contribution in [0.2, 0.25) is 0 Å². The number of carbonyl (C=O) groups excluding carboxylic acids is 1. The van der Waals surface area contributed by atoms with Crippen LogP contribution in [0.3, 0.4) is 0 Å². The normalized spacial score (nSPS) is 11.5. The van der Waals surface area contributed by atoms with E-state index in [1.807, 2.05) is 76.2 Å². The van der Waals surface area contributed by atoms with Gasteiger partial charge < -0.3 is 14.5 Å². The number of benzene rings is 3. The van der Waals surface area contributed by atoms with Crippen LogP contribution in [0.4, 0.5) is 5.69 Å². The van der Waals surface area contributed by atoms with E-state index in [1.54, 1.807) is 6.07 Å². The zero-order chi connectivity index (χ0) is 26.2. The van der Waals surface area contributed by atoms with E-state index in [2.05, 4.69) is 26.1 Å². The van der Waals surface area contributed by atoms with Crippen molar-refractivity contribution in [3.05, 3.63) is 92.6 Å². The Labute approximate surface area is 212 Å². The number of anilines is 1. The van der Waals surface area contributed by atoms with E-state index in [0.717, 1.165) is 33.5 Å². The average molecular weight is 484 g/mol. The van der Waals surface area contributed by atoms with E-state index in [1.165, 1.54) is 0 Å². The number of amides is 1. The second kappa shape index (κ2) is 9.65. The Morgan fingerprint density at radius 3 is 2.14 bits per heavy atom. The summed E-state index contributed by atoms with van der Waals surface area (Å²) in [5.41, 5.74) is 6.86. The zero-order valence-electron chi connectivity index (χ0n) is 22.0. The van der Waals surface area contributed by atoms with Crippen LogP contribution < -0.4 is 15.5 Å². The third kappa shape index (κ3) is 5.20. The van der Waals surface area contributed by atoms with Crippen LogP contribution in [-0.2, 0) is 10.2 Å². The van der Waals surface area contributed by atoms with Crippen molar-refractivity contribution in [1.29, 1.82) is 0 Å². The lowest BCUT2D eigenvalue weighted by Gasteiger charge is -2.19. The SMILES string of the molecule is Cc1cc(C)c(NC(=O)COc2c(-c3ccc(C(C)(C)C)cc3)oc3cc(C)ccc3c2=O)c(C)c1. The number of hydrogen-bond acceptors (Lipinski definition) is 4. The van der Waals surface area contributed by atoms with Crippen molar-refractivity contribution in [3.63, 3.8) is 0 Å². The molecule has 0 aliphatic carbocycles. The molecule has 0 atom stereocenters. The van der Waals surface area contributed by atoms with Gasteiger partial charge in [-0.3, -0.25) is 9.59 Å². The van der Waals surface area contributed by atoms with E-state index in [9.17, 15) is 9.59 Å². The maximum Gasteiger partial charge on any atom is 0.262 e. The fourth-order valence-electron chi connectivity index (χ4n) is 4.42. The summed E-state index contributed by atoms with van der Waals surface area (Å²) >= 11 is 0. The quantitative estimate of drug-likeness (QED) is 0.332. The molecule has 1 amide bonds. The molecular weight excluding hydrogens is 450 g/mol. The monoisotopic (exact) mass is 483 g/mol. The minimum Gasteiger partial charge on any atom is -0.476 e. The molecule has 0 bridgehead atoms. The summed E-state index contributed by atoms with van der Waals surface area (Å²) in [6.45, 7) is 14.0. The molecule has 0 fully saturated rings. The van der Waals surface area contributed by atoms with E-state index in [4.69, 9.17) is 9.15 Å². The molecule has 0 unspecified atom stereocenters. The van der Waals surface area contributed by atoms with Crippen molar-refractivity contribution in [2.75, 3.05) is 11.9 Å². The van der Waals surface area contributed by atoms with E-state index in [-0.39, 0.29) is 29.1 Å². The molecule has 0 radical (unpaired) electrons. The Bertz CT molecular complexity index is 1480. The molecule has 186 valence electrons. The van der Waals surface area contributed by atoms with Crippen LogP contribution in [0, 0.1) is 27.7 Å². The molecule has 5 nitrogen and oxygen atoms in total. The van der Waals surface area contributed by atoms with Gasteiger partial charge in [-0.25, -0.2) is 0 Å². The van der Waals surface area contributed by atoms with Gasteiger partial charge in [0.1, 0.15) is 5.58 Å². The molecule has 5 heteroatoms. The van der Waals surface area contributed by atoms with Gasteiger partial charge in [0.05, 0.1) is 5.39 Å². The number of fused-ring (bicyclic) bond motifs is 1. The Morgan fingerprint density at radius 1 is 0.889 bits per heavy atom. The molecule has 0 saturated heterocycles. The lowest BCUT2D eigenvalue weighted by atomic mass is 9.86. The third-order valence-corrected chi connectivity index (χ3v) is 6.31. The summed E-state index contributed by atoms with van der Waals surface area (Å²) < 4.78 is 12.1. The summed E-state index contributed by atoms with van der Waals surface area (Å²) in [4.78, 5) is 26.3. The fourth-order valence-corrected chi connectivity index (χ4v) is 4.42. The van der Waals surface area contributed by atoms with Crippen molar-refractivity contribution in [1.82, 2.24) is 0 Å². The van der Waals surface area contributed by atoms with Gasteiger partial charge in [0.15, 0.2) is 12.4 Å². The molecule has 4 rings (SSSR count). The minimum atomic E-state index is -0.345. The second-order valence-electron chi connectivity index (χ2n) is 10.5.